The second-order valence-corrected chi connectivity index (χ2v) is 10.9. The average Bonchev–Trinajstić information content (AvgIpc) is 3.34. The van der Waals surface area contributed by atoms with Crippen LogP contribution in [0.15, 0.2) is 28.8 Å². The lowest BCUT2D eigenvalue weighted by atomic mass is 9.77. The van der Waals surface area contributed by atoms with Crippen LogP contribution < -0.4 is 10.6 Å². The molecule has 0 spiro atoms. The second-order valence-electron chi connectivity index (χ2n) is 10.9. The number of benzene rings is 1. The van der Waals surface area contributed by atoms with E-state index in [1.165, 1.54) is 31.4 Å². The highest BCUT2D eigenvalue weighted by atomic mass is 19.1. The number of rotatable bonds is 6. The van der Waals surface area contributed by atoms with Gasteiger partial charge in [-0.3, -0.25) is 14.5 Å². The van der Waals surface area contributed by atoms with E-state index in [1.54, 1.807) is 0 Å². The number of halogens is 2. The van der Waals surface area contributed by atoms with Crippen LogP contribution in [-0.2, 0) is 4.79 Å². The van der Waals surface area contributed by atoms with E-state index in [9.17, 15) is 18.4 Å². The van der Waals surface area contributed by atoms with E-state index < -0.39 is 17.5 Å². The van der Waals surface area contributed by atoms with Gasteiger partial charge in [-0.2, -0.15) is 0 Å². The van der Waals surface area contributed by atoms with Crippen LogP contribution in [0.4, 0.5) is 8.78 Å². The van der Waals surface area contributed by atoms with E-state index in [0.717, 1.165) is 50.8 Å². The Morgan fingerprint density at radius 3 is 2.56 bits per heavy atom. The Hall–Kier alpha value is -2.81. The van der Waals surface area contributed by atoms with Crippen LogP contribution in [0.3, 0.4) is 0 Å². The molecule has 9 heteroatoms. The van der Waals surface area contributed by atoms with Crippen molar-refractivity contribution in [2.24, 2.45) is 5.92 Å². The van der Waals surface area contributed by atoms with Crippen molar-refractivity contribution in [1.82, 2.24) is 20.7 Å². The Morgan fingerprint density at radius 2 is 1.86 bits per heavy atom. The standard InChI is InChI=1S/C27H34F2N4O3/c1-27(11-5-12-27)31-25(34)20-16-33(18-6-3-2-4-7-18)13-10-22(20)30-26(35)23-15-24(36-32-23)19-9-8-17(28)14-21(19)29/h8-9,14-15,18,20,22H,2-7,10-13,16H2,1H3,(H,30,35)(H,31,34)/t20-,22-/m1/s1. The Kier molecular flexibility index (Phi) is 7.10. The summed E-state index contributed by atoms with van der Waals surface area (Å²) in [6, 6.07) is 4.61. The second kappa shape index (κ2) is 10.3. The van der Waals surface area contributed by atoms with Crippen molar-refractivity contribution in [2.45, 2.75) is 82.3 Å². The van der Waals surface area contributed by atoms with Crippen molar-refractivity contribution >= 4 is 11.8 Å². The van der Waals surface area contributed by atoms with Gasteiger partial charge < -0.3 is 15.2 Å². The van der Waals surface area contributed by atoms with Gasteiger partial charge in [-0.25, -0.2) is 8.78 Å². The summed E-state index contributed by atoms with van der Waals surface area (Å²) in [5, 5.41) is 10.0. The molecule has 0 unspecified atom stereocenters. The third kappa shape index (κ3) is 5.31. The first-order valence-corrected chi connectivity index (χ1v) is 13.1. The van der Waals surface area contributed by atoms with Crippen LogP contribution in [0.1, 0.15) is 75.2 Å². The summed E-state index contributed by atoms with van der Waals surface area (Å²) in [6.07, 6.45) is 9.74. The van der Waals surface area contributed by atoms with Crippen LogP contribution in [0.5, 0.6) is 0 Å². The van der Waals surface area contributed by atoms with Crippen molar-refractivity contribution in [2.75, 3.05) is 13.1 Å². The third-order valence-electron chi connectivity index (χ3n) is 8.21. The molecule has 1 saturated heterocycles. The number of amides is 2. The average molecular weight is 501 g/mol. The molecule has 2 aromatic rings. The number of hydrogen-bond acceptors (Lipinski definition) is 5. The normalized spacial score (nSPS) is 24.6. The molecule has 2 atom stereocenters. The summed E-state index contributed by atoms with van der Waals surface area (Å²) >= 11 is 0. The van der Waals surface area contributed by atoms with Gasteiger partial charge in [-0.15, -0.1) is 0 Å². The number of nitrogens with zero attached hydrogens (tertiary/aromatic N) is 2. The fraction of sp³-hybridized carbons (Fsp3) is 0.593. The zero-order valence-corrected chi connectivity index (χ0v) is 20.7. The van der Waals surface area contributed by atoms with Gasteiger partial charge in [0.05, 0.1) is 11.5 Å². The first-order chi connectivity index (χ1) is 17.3. The molecule has 0 radical (unpaired) electrons. The Morgan fingerprint density at radius 1 is 1.08 bits per heavy atom. The molecule has 1 aliphatic heterocycles. The zero-order valence-electron chi connectivity index (χ0n) is 20.7. The van der Waals surface area contributed by atoms with Crippen molar-refractivity contribution in [1.29, 1.82) is 0 Å². The van der Waals surface area contributed by atoms with E-state index >= 15 is 0 Å². The lowest BCUT2D eigenvalue weighted by Gasteiger charge is -2.45. The molecule has 2 saturated carbocycles. The summed E-state index contributed by atoms with van der Waals surface area (Å²) in [4.78, 5) is 28.9. The van der Waals surface area contributed by atoms with Crippen LogP contribution in [-0.4, -0.2) is 52.6 Å². The number of likely N-dealkylation sites (tertiary alicyclic amines) is 1. The van der Waals surface area contributed by atoms with E-state index in [1.807, 2.05) is 0 Å². The molecule has 3 fully saturated rings. The molecule has 0 bridgehead atoms. The highest BCUT2D eigenvalue weighted by Crippen LogP contribution is 2.33. The highest BCUT2D eigenvalue weighted by Gasteiger charge is 2.41. The monoisotopic (exact) mass is 500 g/mol. The summed E-state index contributed by atoms with van der Waals surface area (Å²) in [7, 11) is 0. The van der Waals surface area contributed by atoms with E-state index in [-0.39, 0.29) is 40.4 Å². The van der Waals surface area contributed by atoms with Crippen molar-refractivity contribution in [3.8, 4) is 11.3 Å². The number of carbonyl (C=O) groups is 2. The van der Waals surface area contributed by atoms with Crippen LogP contribution in [0, 0.1) is 17.6 Å². The smallest absolute Gasteiger partial charge is 0.273 e. The Balaban J connectivity index is 1.30. The maximum absolute atomic E-state index is 14.1. The van der Waals surface area contributed by atoms with Crippen LogP contribution in [0.25, 0.3) is 11.3 Å². The first-order valence-electron chi connectivity index (χ1n) is 13.1. The maximum atomic E-state index is 14.1. The van der Waals surface area contributed by atoms with E-state index in [2.05, 4.69) is 27.6 Å². The minimum Gasteiger partial charge on any atom is -0.355 e. The topological polar surface area (TPSA) is 87.5 Å². The molecule has 3 aliphatic rings. The molecule has 2 aliphatic carbocycles. The number of aromatic nitrogens is 1. The Labute approximate surface area is 210 Å². The van der Waals surface area contributed by atoms with Crippen LogP contribution >= 0.6 is 0 Å². The minimum absolute atomic E-state index is 0.00597. The van der Waals surface area contributed by atoms with Gasteiger partial charge in [-0.1, -0.05) is 24.4 Å². The van der Waals surface area contributed by atoms with Gasteiger partial charge in [0.2, 0.25) is 5.91 Å². The van der Waals surface area contributed by atoms with Gasteiger partial charge in [0.25, 0.3) is 5.91 Å². The lowest BCUT2D eigenvalue weighted by Crippen LogP contribution is -2.61. The number of nitrogens with one attached hydrogen (secondary N) is 2. The molecule has 194 valence electrons. The lowest BCUT2D eigenvalue weighted by molar-refractivity contribution is -0.131. The Bertz CT molecular complexity index is 1110. The quantitative estimate of drug-likeness (QED) is 0.613. The van der Waals surface area contributed by atoms with Crippen molar-refractivity contribution < 1.29 is 22.9 Å². The largest absolute Gasteiger partial charge is 0.355 e. The van der Waals surface area contributed by atoms with Crippen molar-refractivity contribution in [3.05, 3.63) is 41.6 Å². The molecule has 5 rings (SSSR count). The fourth-order valence-corrected chi connectivity index (χ4v) is 5.86. The number of hydrogen-bond donors (Lipinski definition) is 2. The summed E-state index contributed by atoms with van der Waals surface area (Å²) in [6.45, 7) is 3.51. The van der Waals surface area contributed by atoms with Gasteiger partial charge in [0.1, 0.15) is 11.6 Å². The SMILES string of the molecule is CC1(NC(=O)[C@@H]2CN(C3CCCCC3)CC[C@H]2NC(=O)c2cc(-c3ccc(F)cc3F)on2)CCC1. The third-order valence-corrected chi connectivity index (χ3v) is 8.21. The van der Waals surface area contributed by atoms with Crippen LogP contribution in [0.2, 0.25) is 0 Å². The van der Waals surface area contributed by atoms with E-state index in [0.29, 0.717) is 19.0 Å². The molecular formula is C27H34F2N4O3. The molecule has 2 N–H and O–H groups in total. The van der Waals surface area contributed by atoms with Gasteiger partial charge in [0.15, 0.2) is 11.5 Å². The molecule has 1 aromatic carbocycles. The summed E-state index contributed by atoms with van der Waals surface area (Å²) in [5.74, 6) is -2.32. The van der Waals surface area contributed by atoms with Gasteiger partial charge in [0, 0.05) is 42.8 Å². The molecule has 36 heavy (non-hydrogen) atoms. The van der Waals surface area contributed by atoms with E-state index in [4.69, 9.17) is 4.52 Å². The molecule has 2 heterocycles. The molecular weight excluding hydrogens is 466 g/mol. The molecule has 7 nitrogen and oxygen atoms in total. The predicted octanol–water partition coefficient (Wildman–Crippen LogP) is 4.43. The van der Waals surface area contributed by atoms with Gasteiger partial charge in [-0.05, 0) is 57.6 Å². The maximum Gasteiger partial charge on any atom is 0.273 e. The minimum atomic E-state index is -0.797. The number of piperidine rings is 1. The van der Waals surface area contributed by atoms with Crippen molar-refractivity contribution in [3.63, 3.8) is 0 Å². The predicted molar refractivity (Wildman–Crippen MR) is 130 cm³/mol. The number of carbonyl (C=O) groups excluding carboxylic acids is 2. The molecule has 1 aromatic heterocycles. The first kappa shape index (κ1) is 24.9. The van der Waals surface area contributed by atoms with Gasteiger partial charge >= 0.3 is 0 Å². The summed E-state index contributed by atoms with van der Waals surface area (Å²) < 4.78 is 32.6. The fourth-order valence-electron chi connectivity index (χ4n) is 5.86. The zero-order chi connectivity index (χ0) is 25.3. The molecule has 2 amide bonds. The highest BCUT2D eigenvalue weighted by molar-refractivity contribution is 5.94. The summed E-state index contributed by atoms with van der Waals surface area (Å²) in [5.41, 5.74) is -0.151.